The number of carbonyl (C=O) groups excluding carboxylic acids is 2. The van der Waals surface area contributed by atoms with Crippen LogP contribution < -0.4 is 5.32 Å². The molecule has 1 aromatic rings. The van der Waals surface area contributed by atoms with Crippen LogP contribution in [0.4, 0.5) is 5.69 Å². The standard InChI is InChI=1S/C14H17NO5/c1-14(2,3)20-11(16)8-15-10-6-4-5-9(7-10)12(17)13(18)19/h4-7,15H,8H2,1-3H3,(H,18,19). The summed E-state index contributed by atoms with van der Waals surface area (Å²) >= 11 is 0. The van der Waals surface area contributed by atoms with Crippen LogP contribution in [0.15, 0.2) is 24.3 Å². The van der Waals surface area contributed by atoms with Crippen LogP contribution in [0.5, 0.6) is 0 Å². The lowest BCUT2D eigenvalue weighted by molar-refractivity contribution is -0.152. The van der Waals surface area contributed by atoms with Crippen molar-refractivity contribution in [1.82, 2.24) is 0 Å². The minimum absolute atomic E-state index is 0.0479. The van der Waals surface area contributed by atoms with Crippen LogP contribution in [0.2, 0.25) is 0 Å². The van der Waals surface area contributed by atoms with Gasteiger partial charge in [0, 0.05) is 11.3 Å². The predicted octanol–water partition coefficient (Wildman–Crippen LogP) is 1.71. The number of esters is 1. The molecular weight excluding hydrogens is 262 g/mol. The van der Waals surface area contributed by atoms with Crippen molar-refractivity contribution in [2.75, 3.05) is 11.9 Å². The van der Waals surface area contributed by atoms with Gasteiger partial charge in [-0.05, 0) is 32.9 Å². The molecule has 6 nitrogen and oxygen atoms in total. The molecule has 0 spiro atoms. The van der Waals surface area contributed by atoms with Crippen LogP contribution in [0.1, 0.15) is 31.1 Å². The number of ketones is 1. The zero-order valence-corrected chi connectivity index (χ0v) is 11.6. The number of Topliss-reactive ketones (excluding diaryl/α,β-unsaturated/α-hetero) is 1. The number of benzene rings is 1. The van der Waals surface area contributed by atoms with Gasteiger partial charge in [-0.1, -0.05) is 12.1 Å². The number of carbonyl (C=O) groups is 3. The Kier molecular flexibility index (Phi) is 4.85. The molecule has 0 amide bonds. The maximum absolute atomic E-state index is 11.5. The van der Waals surface area contributed by atoms with Crippen LogP contribution in [-0.4, -0.2) is 35.0 Å². The average molecular weight is 279 g/mol. The molecule has 0 fully saturated rings. The van der Waals surface area contributed by atoms with Crippen molar-refractivity contribution in [2.24, 2.45) is 0 Å². The Labute approximate surface area is 116 Å². The van der Waals surface area contributed by atoms with Crippen molar-refractivity contribution < 1.29 is 24.2 Å². The Hall–Kier alpha value is -2.37. The Morgan fingerprint density at radius 2 is 1.90 bits per heavy atom. The van der Waals surface area contributed by atoms with Crippen LogP contribution in [0.3, 0.4) is 0 Å². The van der Waals surface area contributed by atoms with Crippen LogP contribution in [0.25, 0.3) is 0 Å². The Bertz CT molecular complexity index is 531. The number of carboxylic acid groups (broad SMARTS) is 1. The molecule has 0 heterocycles. The lowest BCUT2D eigenvalue weighted by Crippen LogP contribution is -2.28. The van der Waals surface area contributed by atoms with E-state index in [0.717, 1.165) is 0 Å². The van der Waals surface area contributed by atoms with Gasteiger partial charge < -0.3 is 15.2 Å². The van der Waals surface area contributed by atoms with E-state index in [1.807, 2.05) is 0 Å². The smallest absolute Gasteiger partial charge is 0.377 e. The first kappa shape index (κ1) is 15.7. The van der Waals surface area contributed by atoms with Crippen LogP contribution in [-0.2, 0) is 14.3 Å². The largest absolute Gasteiger partial charge is 0.475 e. The first-order valence-corrected chi connectivity index (χ1v) is 6.02. The number of hydrogen-bond acceptors (Lipinski definition) is 5. The van der Waals surface area contributed by atoms with Gasteiger partial charge in [-0.3, -0.25) is 9.59 Å². The molecule has 1 aromatic carbocycles. The highest BCUT2D eigenvalue weighted by atomic mass is 16.6. The first-order chi connectivity index (χ1) is 9.19. The fourth-order valence-electron chi connectivity index (χ4n) is 1.45. The van der Waals surface area contributed by atoms with Crippen molar-refractivity contribution in [3.63, 3.8) is 0 Å². The summed E-state index contributed by atoms with van der Waals surface area (Å²) in [6.07, 6.45) is 0. The van der Waals surface area contributed by atoms with Gasteiger partial charge >= 0.3 is 11.9 Å². The molecule has 0 aliphatic carbocycles. The molecule has 0 saturated carbocycles. The number of aliphatic carboxylic acids is 1. The maximum atomic E-state index is 11.5. The molecule has 0 aliphatic rings. The topological polar surface area (TPSA) is 92.7 Å². The molecule has 20 heavy (non-hydrogen) atoms. The Morgan fingerprint density at radius 3 is 2.45 bits per heavy atom. The number of nitrogens with one attached hydrogen (secondary N) is 1. The molecule has 2 N–H and O–H groups in total. The SMILES string of the molecule is CC(C)(C)OC(=O)CNc1cccc(C(=O)C(=O)O)c1. The third kappa shape index (κ3) is 5.09. The lowest BCUT2D eigenvalue weighted by atomic mass is 10.1. The summed E-state index contributed by atoms with van der Waals surface area (Å²) in [5, 5.41) is 11.4. The summed E-state index contributed by atoms with van der Waals surface area (Å²) in [7, 11) is 0. The van der Waals surface area contributed by atoms with E-state index in [1.54, 1.807) is 26.8 Å². The summed E-state index contributed by atoms with van der Waals surface area (Å²) in [5.41, 5.74) is -0.0467. The van der Waals surface area contributed by atoms with Gasteiger partial charge in [-0.15, -0.1) is 0 Å². The Morgan fingerprint density at radius 1 is 1.25 bits per heavy atom. The number of carboxylic acids is 1. The van der Waals surface area contributed by atoms with Crippen molar-refractivity contribution >= 4 is 23.4 Å². The highest BCUT2D eigenvalue weighted by Crippen LogP contribution is 2.12. The van der Waals surface area contributed by atoms with Gasteiger partial charge in [0.15, 0.2) is 0 Å². The van der Waals surface area contributed by atoms with Gasteiger partial charge in [-0.2, -0.15) is 0 Å². The van der Waals surface area contributed by atoms with Crippen molar-refractivity contribution in [1.29, 1.82) is 0 Å². The van der Waals surface area contributed by atoms with E-state index < -0.39 is 23.3 Å². The molecule has 0 aromatic heterocycles. The molecular formula is C14H17NO5. The lowest BCUT2D eigenvalue weighted by Gasteiger charge is -2.19. The molecule has 6 heteroatoms. The zero-order chi connectivity index (χ0) is 15.3. The number of rotatable bonds is 5. The highest BCUT2D eigenvalue weighted by molar-refractivity contribution is 6.39. The fourth-order valence-corrected chi connectivity index (χ4v) is 1.45. The summed E-state index contributed by atoms with van der Waals surface area (Å²) in [5.74, 6) is -2.95. The maximum Gasteiger partial charge on any atom is 0.377 e. The normalized spacial score (nSPS) is 10.8. The molecule has 0 saturated heterocycles. The minimum atomic E-state index is -1.52. The van der Waals surface area contributed by atoms with Gasteiger partial charge in [-0.25, -0.2) is 4.79 Å². The average Bonchev–Trinajstić information content (AvgIpc) is 2.33. The fraction of sp³-hybridized carbons (Fsp3) is 0.357. The summed E-state index contributed by atoms with van der Waals surface area (Å²) in [6, 6.07) is 5.94. The summed E-state index contributed by atoms with van der Waals surface area (Å²) in [4.78, 5) is 33.4. The third-order valence-corrected chi connectivity index (χ3v) is 2.18. The van der Waals surface area contributed by atoms with Crippen molar-refractivity contribution in [2.45, 2.75) is 26.4 Å². The molecule has 0 unspecified atom stereocenters. The second-order valence-electron chi connectivity index (χ2n) is 5.16. The second kappa shape index (κ2) is 6.18. The van der Waals surface area contributed by atoms with Crippen LogP contribution >= 0.6 is 0 Å². The number of hydrogen-bond donors (Lipinski definition) is 2. The first-order valence-electron chi connectivity index (χ1n) is 6.02. The molecule has 0 atom stereocenters. The highest BCUT2D eigenvalue weighted by Gasteiger charge is 2.17. The van der Waals surface area contributed by atoms with Gasteiger partial charge in [0.05, 0.1) is 0 Å². The number of ether oxygens (including phenoxy) is 1. The molecule has 108 valence electrons. The minimum Gasteiger partial charge on any atom is -0.475 e. The molecule has 1 rings (SSSR count). The van der Waals surface area contributed by atoms with Crippen molar-refractivity contribution in [3.8, 4) is 0 Å². The van der Waals surface area contributed by atoms with Gasteiger partial charge in [0.1, 0.15) is 12.1 Å². The molecule has 0 radical (unpaired) electrons. The van der Waals surface area contributed by atoms with Gasteiger partial charge in [0.2, 0.25) is 0 Å². The Balaban J connectivity index is 2.66. The second-order valence-corrected chi connectivity index (χ2v) is 5.16. The summed E-state index contributed by atoms with van der Waals surface area (Å²) in [6.45, 7) is 5.22. The summed E-state index contributed by atoms with van der Waals surface area (Å²) < 4.78 is 5.11. The van der Waals surface area contributed by atoms with Crippen LogP contribution in [0, 0.1) is 0 Å². The van der Waals surface area contributed by atoms with E-state index >= 15 is 0 Å². The zero-order valence-electron chi connectivity index (χ0n) is 11.6. The molecule has 0 bridgehead atoms. The van der Waals surface area contributed by atoms with E-state index in [9.17, 15) is 14.4 Å². The quantitative estimate of drug-likeness (QED) is 0.484. The monoisotopic (exact) mass is 279 g/mol. The molecule has 0 aliphatic heterocycles. The predicted molar refractivity (Wildman–Crippen MR) is 72.7 cm³/mol. The number of anilines is 1. The third-order valence-electron chi connectivity index (χ3n) is 2.18. The van der Waals surface area contributed by atoms with E-state index in [2.05, 4.69) is 5.32 Å². The van der Waals surface area contributed by atoms with E-state index in [4.69, 9.17) is 9.84 Å². The van der Waals surface area contributed by atoms with E-state index in [1.165, 1.54) is 18.2 Å². The van der Waals surface area contributed by atoms with Crippen molar-refractivity contribution in [3.05, 3.63) is 29.8 Å². The van der Waals surface area contributed by atoms with Gasteiger partial charge in [0.25, 0.3) is 5.78 Å². The van der Waals surface area contributed by atoms with E-state index in [-0.39, 0.29) is 12.1 Å². The van der Waals surface area contributed by atoms with E-state index in [0.29, 0.717) is 5.69 Å².